The highest BCUT2D eigenvalue weighted by Crippen LogP contribution is 2.40. The quantitative estimate of drug-likeness (QED) is 0.607. The lowest BCUT2D eigenvalue weighted by molar-refractivity contribution is -0.124. The predicted molar refractivity (Wildman–Crippen MR) is 53.4 cm³/mol. The molecular formula is C12H18O. The van der Waals surface area contributed by atoms with Crippen LogP contribution >= 0.6 is 0 Å². The zero-order valence-corrected chi connectivity index (χ0v) is 8.33. The molecule has 0 heterocycles. The maximum atomic E-state index is 11.7. The van der Waals surface area contributed by atoms with Gasteiger partial charge in [0.25, 0.3) is 0 Å². The topological polar surface area (TPSA) is 17.1 Å². The molecule has 1 fully saturated rings. The Morgan fingerprint density at radius 1 is 1.38 bits per heavy atom. The van der Waals surface area contributed by atoms with Crippen LogP contribution in [0.2, 0.25) is 0 Å². The number of allylic oxidation sites excluding steroid dienone is 2. The lowest BCUT2D eigenvalue weighted by Crippen LogP contribution is -2.24. The molecule has 0 spiro atoms. The van der Waals surface area contributed by atoms with Crippen molar-refractivity contribution >= 4 is 5.78 Å². The summed E-state index contributed by atoms with van der Waals surface area (Å²) in [6.45, 7) is 2.21. The van der Waals surface area contributed by atoms with Crippen molar-refractivity contribution in [2.75, 3.05) is 0 Å². The minimum atomic E-state index is 0.294. The van der Waals surface area contributed by atoms with Crippen LogP contribution in [-0.2, 0) is 4.79 Å². The molecule has 2 rings (SSSR count). The number of unbranched alkanes of at least 4 members (excludes halogenated alkanes) is 1. The molecule has 1 nitrogen and oxygen atoms in total. The number of rotatable bonds is 3. The van der Waals surface area contributed by atoms with E-state index in [0.29, 0.717) is 23.5 Å². The van der Waals surface area contributed by atoms with Crippen molar-refractivity contribution in [1.82, 2.24) is 0 Å². The number of carbonyl (C=O) groups excluding carboxylic acids is 1. The Labute approximate surface area is 80.2 Å². The molecule has 0 aromatic heterocycles. The first-order chi connectivity index (χ1) is 6.33. The molecule has 0 radical (unpaired) electrons. The van der Waals surface area contributed by atoms with Crippen LogP contribution in [0.15, 0.2) is 12.2 Å². The van der Waals surface area contributed by atoms with Crippen molar-refractivity contribution in [1.29, 1.82) is 0 Å². The molecule has 0 unspecified atom stereocenters. The van der Waals surface area contributed by atoms with Crippen LogP contribution in [0.1, 0.15) is 39.0 Å². The molecule has 13 heavy (non-hydrogen) atoms. The van der Waals surface area contributed by atoms with Gasteiger partial charge in [0.1, 0.15) is 5.78 Å². The minimum Gasteiger partial charge on any atom is -0.299 e. The number of carbonyl (C=O) groups is 1. The van der Waals surface area contributed by atoms with E-state index < -0.39 is 0 Å². The van der Waals surface area contributed by atoms with Gasteiger partial charge in [0.15, 0.2) is 0 Å². The molecule has 0 saturated heterocycles. The second-order valence-electron chi connectivity index (χ2n) is 4.38. The summed E-state index contributed by atoms with van der Waals surface area (Å²) in [7, 11) is 0. The van der Waals surface area contributed by atoms with Crippen molar-refractivity contribution in [2.45, 2.75) is 39.0 Å². The molecule has 72 valence electrons. The summed E-state index contributed by atoms with van der Waals surface area (Å²) in [5, 5.41) is 0. The Balaban J connectivity index is 2.02. The summed E-state index contributed by atoms with van der Waals surface area (Å²) in [4.78, 5) is 11.7. The van der Waals surface area contributed by atoms with Crippen LogP contribution in [0, 0.1) is 17.8 Å². The molecule has 3 atom stereocenters. The van der Waals surface area contributed by atoms with Gasteiger partial charge in [0.2, 0.25) is 0 Å². The average molecular weight is 178 g/mol. The summed E-state index contributed by atoms with van der Waals surface area (Å²) in [6.07, 6.45) is 10.5. The Morgan fingerprint density at radius 3 is 3.00 bits per heavy atom. The number of ketones is 1. The summed E-state index contributed by atoms with van der Waals surface area (Å²) in [5.41, 5.74) is 0. The molecule has 0 aromatic rings. The van der Waals surface area contributed by atoms with Gasteiger partial charge in [-0.15, -0.1) is 0 Å². The van der Waals surface area contributed by atoms with Crippen molar-refractivity contribution in [3.05, 3.63) is 12.2 Å². The van der Waals surface area contributed by atoms with E-state index in [0.717, 1.165) is 12.8 Å². The zero-order chi connectivity index (χ0) is 9.26. The van der Waals surface area contributed by atoms with Gasteiger partial charge in [-0.05, 0) is 25.2 Å². The normalized spacial score (nSPS) is 37.0. The van der Waals surface area contributed by atoms with Gasteiger partial charge >= 0.3 is 0 Å². The van der Waals surface area contributed by atoms with Crippen molar-refractivity contribution in [2.24, 2.45) is 17.8 Å². The fourth-order valence-electron chi connectivity index (χ4n) is 2.68. The third kappa shape index (κ3) is 1.56. The van der Waals surface area contributed by atoms with Crippen LogP contribution in [0.3, 0.4) is 0 Å². The van der Waals surface area contributed by atoms with Crippen LogP contribution in [0.4, 0.5) is 0 Å². The zero-order valence-electron chi connectivity index (χ0n) is 8.33. The highest BCUT2D eigenvalue weighted by molar-refractivity contribution is 5.88. The van der Waals surface area contributed by atoms with E-state index in [-0.39, 0.29) is 0 Å². The van der Waals surface area contributed by atoms with Crippen molar-refractivity contribution < 1.29 is 4.79 Å². The van der Waals surface area contributed by atoms with Crippen LogP contribution in [0.25, 0.3) is 0 Å². The maximum absolute atomic E-state index is 11.7. The van der Waals surface area contributed by atoms with E-state index in [9.17, 15) is 4.79 Å². The standard InChI is InChI=1S/C12H18O/c1-2-3-4-9-5-6-10-7-8-11(9)12(10)13/h5-6,9-11H,2-4,7-8H2,1H3/t9-,10-,11-/m0/s1. The third-order valence-corrected chi connectivity index (χ3v) is 3.52. The van der Waals surface area contributed by atoms with Gasteiger partial charge in [0, 0.05) is 11.8 Å². The Morgan fingerprint density at radius 2 is 2.23 bits per heavy atom. The van der Waals surface area contributed by atoms with Crippen molar-refractivity contribution in [3.8, 4) is 0 Å². The monoisotopic (exact) mass is 178 g/mol. The Kier molecular flexibility index (Phi) is 2.52. The number of hydrogen-bond acceptors (Lipinski definition) is 1. The summed E-state index contributed by atoms with van der Waals surface area (Å²) in [5.74, 6) is 1.79. The van der Waals surface area contributed by atoms with E-state index in [1.54, 1.807) is 0 Å². The molecule has 1 saturated carbocycles. The maximum Gasteiger partial charge on any atom is 0.143 e. The van der Waals surface area contributed by atoms with Crippen LogP contribution in [0.5, 0.6) is 0 Å². The van der Waals surface area contributed by atoms with Gasteiger partial charge in [-0.25, -0.2) is 0 Å². The number of Topliss-reactive ketones (excluding diaryl/α,β-unsaturated/α-hetero) is 1. The Hall–Kier alpha value is -0.590. The smallest absolute Gasteiger partial charge is 0.143 e. The fourth-order valence-corrected chi connectivity index (χ4v) is 2.68. The number of hydrogen-bond donors (Lipinski definition) is 0. The molecule has 1 heteroatoms. The molecule has 0 amide bonds. The first-order valence-electron chi connectivity index (χ1n) is 5.55. The number of fused-ring (bicyclic) bond motifs is 2. The third-order valence-electron chi connectivity index (χ3n) is 3.52. The van der Waals surface area contributed by atoms with E-state index in [1.165, 1.54) is 19.3 Å². The fraction of sp³-hybridized carbons (Fsp3) is 0.750. The summed E-state index contributed by atoms with van der Waals surface area (Å²) >= 11 is 0. The molecule has 0 aromatic carbocycles. The second-order valence-corrected chi connectivity index (χ2v) is 4.38. The molecular weight excluding hydrogens is 160 g/mol. The molecule has 2 bridgehead atoms. The van der Waals surface area contributed by atoms with Crippen LogP contribution in [-0.4, -0.2) is 5.78 Å². The second kappa shape index (κ2) is 3.65. The highest BCUT2D eigenvalue weighted by Gasteiger charge is 2.39. The SMILES string of the molecule is CCCC[C@H]1C=C[C@H]2CC[C@@H]1C2=O. The van der Waals surface area contributed by atoms with Gasteiger partial charge < -0.3 is 0 Å². The van der Waals surface area contributed by atoms with Gasteiger partial charge in [-0.3, -0.25) is 4.79 Å². The lowest BCUT2D eigenvalue weighted by atomic mass is 9.81. The molecule has 2 aliphatic carbocycles. The predicted octanol–water partition coefficient (Wildman–Crippen LogP) is 2.96. The molecule has 0 aliphatic heterocycles. The van der Waals surface area contributed by atoms with Gasteiger partial charge in [-0.2, -0.15) is 0 Å². The average Bonchev–Trinajstić information content (AvgIpc) is 2.38. The lowest BCUT2D eigenvalue weighted by Gasteiger charge is -2.22. The first kappa shape index (κ1) is 8.98. The first-order valence-corrected chi connectivity index (χ1v) is 5.55. The van der Waals surface area contributed by atoms with E-state index in [2.05, 4.69) is 19.1 Å². The Bertz CT molecular complexity index is 229. The van der Waals surface area contributed by atoms with E-state index in [1.807, 2.05) is 0 Å². The van der Waals surface area contributed by atoms with E-state index in [4.69, 9.17) is 0 Å². The summed E-state index contributed by atoms with van der Waals surface area (Å²) < 4.78 is 0. The molecule has 0 N–H and O–H groups in total. The summed E-state index contributed by atoms with van der Waals surface area (Å²) in [6, 6.07) is 0. The van der Waals surface area contributed by atoms with Crippen LogP contribution < -0.4 is 0 Å². The van der Waals surface area contributed by atoms with Crippen molar-refractivity contribution in [3.63, 3.8) is 0 Å². The van der Waals surface area contributed by atoms with E-state index >= 15 is 0 Å². The minimum absolute atomic E-state index is 0.294. The largest absolute Gasteiger partial charge is 0.299 e. The van der Waals surface area contributed by atoms with Gasteiger partial charge in [0.05, 0.1) is 0 Å². The highest BCUT2D eigenvalue weighted by atomic mass is 16.1. The molecule has 2 aliphatic rings. The van der Waals surface area contributed by atoms with Gasteiger partial charge in [-0.1, -0.05) is 31.9 Å².